The van der Waals surface area contributed by atoms with Crippen LogP contribution in [0, 0.1) is 20.8 Å². The molecule has 24 heavy (non-hydrogen) atoms. The van der Waals surface area contributed by atoms with Crippen molar-refractivity contribution in [1.29, 1.82) is 0 Å². The fourth-order valence-corrected chi connectivity index (χ4v) is 2.46. The first-order valence-corrected chi connectivity index (χ1v) is 7.74. The summed E-state index contributed by atoms with van der Waals surface area (Å²) in [6, 6.07) is 13.4. The van der Waals surface area contributed by atoms with Crippen molar-refractivity contribution in [2.24, 2.45) is 0 Å². The molecule has 1 aromatic carbocycles. The van der Waals surface area contributed by atoms with E-state index in [4.69, 9.17) is 0 Å². The molecule has 0 saturated carbocycles. The van der Waals surface area contributed by atoms with Gasteiger partial charge in [-0.25, -0.2) is 0 Å². The number of anilines is 1. The molecule has 6 nitrogen and oxygen atoms in total. The topological polar surface area (TPSA) is 72.7 Å². The van der Waals surface area contributed by atoms with Crippen LogP contribution < -0.4 is 5.32 Å². The predicted octanol–water partition coefficient (Wildman–Crippen LogP) is 2.77. The summed E-state index contributed by atoms with van der Waals surface area (Å²) in [6.45, 7) is 5.75. The first kappa shape index (κ1) is 15.9. The highest BCUT2D eigenvalue weighted by atomic mass is 16.1. The molecule has 0 aliphatic heterocycles. The number of carbonyl (C=O) groups is 1. The second-order valence-electron chi connectivity index (χ2n) is 5.83. The Bertz CT molecular complexity index is 867. The number of aryl methyl sites for hydroxylation is 3. The molecule has 0 aliphatic rings. The van der Waals surface area contributed by atoms with Crippen molar-refractivity contribution in [3.05, 3.63) is 65.0 Å². The fraction of sp³-hybridized carbons (Fsp3) is 0.222. The third-order valence-electron chi connectivity index (χ3n) is 3.55. The van der Waals surface area contributed by atoms with E-state index in [1.165, 1.54) is 0 Å². The zero-order valence-corrected chi connectivity index (χ0v) is 13.9. The third kappa shape index (κ3) is 3.65. The van der Waals surface area contributed by atoms with Gasteiger partial charge in [0.05, 0.1) is 17.8 Å². The Morgan fingerprint density at radius 2 is 1.88 bits per heavy atom. The molecule has 0 unspecified atom stereocenters. The van der Waals surface area contributed by atoms with Crippen LogP contribution in [-0.4, -0.2) is 25.9 Å². The van der Waals surface area contributed by atoms with Crippen LogP contribution in [0.5, 0.6) is 0 Å². The number of nitrogens with one attached hydrogen (secondary N) is 1. The van der Waals surface area contributed by atoms with Gasteiger partial charge in [0.25, 0.3) is 0 Å². The van der Waals surface area contributed by atoms with Gasteiger partial charge in [-0.05, 0) is 38.5 Å². The lowest BCUT2D eigenvalue weighted by atomic mass is 10.1. The Balaban J connectivity index is 1.80. The maximum atomic E-state index is 12.4. The van der Waals surface area contributed by atoms with Crippen LogP contribution in [0.25, 0.3) is 5.82 Å². The molecule has 122 valence electrons. The molecule has 0 bridgehead atoms. The number of aromatic nitrogens is 4. The van der Waals surface area contributed by atoms with Crippen LogP contribution in [0.1, 0.15) is 22.5 Å². The van der Waals surface area contributed by atoms with E-state index in [9.17, 15) is 4.79 Å². The summed E-state index contributed by atoms with van der Waals surface area (Å²) in [7, 11) is 0. The van der Waals surface area contributed by atoms with Crippen LogP contribution in [0.3, 0.4) is 0 Å². The van der Waals surface area contributed by atoms with Crippen molar-refractivity contribution >= 4 is 11.7 Å². The van der Waals surface area contributed by atoms with Crippen molar-refractivity contribution in [3.8, 4) is 5.82 Å². The zero-order valence-electron chi connectivity index (χ0n) is 13.9. The van der Waals surface area contributed by atoms with Crippen molar-refractivity contribution in [2.45, 2.75) is 27.2 Å². The Morgan fingerprint density at radius 1 is 1.04 bits per heavy atom. The Labute approximate surface area is 140 Å². The predicted molar refractivity (Wildman–Crippen MR) is 92.1 cm³/mol. The second kappa shape index (κ2) is 6.62. The highest BCUT2D eigenvalue weighted by Crippen LogP contribution is 2.16. The van der Waals surface area contributed by atoms with Gasteiger partial charge in [0.1, 0.15) is 5.82 Å². The van der Waals surface area contributed by atoms with Gasteiger partial charge in [0, 0.05) is 6.07 Å². The van der Waals surface area contributed by atoms with Crippen LogP contribution in [0.2, 0.25) is 0 Å². The number of benzene rings is 1. The minimum atomic E-state index is -0.0955. The summed E-state index contributed by atoms with van der Waals surface area (Å²) in [5.41, 5.74) is 3.73. The fourth-order valence-electron chi connectivity index (χ4n) is 2.46. The Kier molecular flexibility index (Phi) is 4.37. The maximum absolute atomic E-state index is 12.4. The number of carbonyl (C=O) groups excluding carboxylic acids is 1. The number of nitrogens with zero attached hydrogens (tertiary/aromatic N) is 4. The molecule has 0 fully saturated rings. The summed E-state index contributed by atoms with van der Waals surface area (Å²) in [6.07, 6.45) is 0.311. The standard InChI is InChI=1S/C18H19N5O/c1-12-5-4-6-15(9-12)11-18(24)19-17-10-14(3)22-23(17)16-8-7-13(2)20-21-16/h4-10H,11H2,1-3H3,(H,19,24). The zero-order chi connectivity index (χ0) is 17.1. The van der Waals surface area contributed by atoms with Gasteiger partial charge in [-0.2, -0.15) is 14.9 Å². The molecule has 1 amide bonds. The van der Waals surface area contributed by atoms with Crippen LogP contribution in [0.15, 0.2) is 42.5 Å². The summed E-state index contributed by atoms with van der Waals surface area (Å²) in [5.74, 6) is 1.06. The number of amides is 1. The lowest BCUT2D eigenvalue weighted by molar-refractivity contribution is -0.115. The van der Waals surface area contributed by atoms with Gasteiger partial charge in [0.15, 0.2) is 5.82 Å². The highest BCUT2D eigenvalue weighted by molar-refractivity contribution is 5.91. The van der Waals surface area contributed by atoms with Crippen molar-refractivity contribution in [3.63, 3.8) is 0 Å². The Hall–Kier alpha value is -3.02. The lowest BCUT2D eigenvalue weighted by Crippen LogP contribution is -2.17. The van der Waals surface area contributed by atoms with E-state index in [1.54, 1.807) is 4.68 Å². The number of rotatable bonds is 4. The lowest BCUT2D eigenvalue weighted by Gasteiger charge is -2.08. The van der Waals surface area contributed by atoms with E-state index in [0.717, 1.165) is 22.5 Å². The normalized spacial score (nSPS) is 10.6. The second-order valence-corrected chi connectivity index (χ2v) is 5.83. The Morgan fingerprint density at radius 3 is 2.58 bits per heavy atom. The van der Waals surface area contributed by atoms with Gasteiger partial charge < -0.3 is 5.32 Å². The van der Waals surface area contributed by atoms with Crippen LogP contribution >= 0.6 is 0 Å². The van der Waals surface area contributed by atoms with E-state index in [1.807, 2.05) is 63.2 Å². The molecule has 0 aliphatic carbocycles. The SMILES string of the molecule is Cc1cccc(CC(=O)Nc2cc(C)nn2-c2ccc(C)nn2)c1. The summed E-state index contributed by atoms with van der Waals surface area (Å²) in [4.78, 5) is 12.4. The first-order valence-electron chi connectivity index (χ1n) is 7.74. The quantitative estimate of drug-likeness (QED) is 0.802. The molecular formula is C18H19N5O. The summed E-state index contributed by atoms with van der Waals surface area (Å²) >= 11 is 0. The summed E-state index contributed by atoms with van der Waals surface area (Å²) in [5, 5.41) is 15.5. The largest absolute Gasteiger partial charge is 0.310 e. The molecule has 6 heteroatoms. The van der Waals surface area contributed by atoms with E-state index in [2.05, 4.69) is 20.6 Å². The first-order chi connectivity index (χ1) is 11.5. The van der Waals surface area contributed by atoms with Gasteiger partial charge in [-0.3, -0.25) is 4.79 Å². The van der Waals surface area contributed by atoms with Crippen molar-refractivity contribution < 1.29 is 4.79 Å². The van der Waals surface area contributed by atoms with Gasteiger partial charge in [0.2, 0.25) is 5.91 Å². The highest BCUT2D eigenvalue weighted by Gasteiger charge is 2.12. The third-order valence-corrected chi connectivity index (χ3v) is 3.55. The molecule has 2 aromatic heterocycles. The molecule has 0 spiro atoms. The average molecular weight is 321 g/mol. The number of hydrogen-bond acceptors (Lipinski definition) is 4. The van der Waals surface area contributed by atoms with Gasteiger partial charge in [-0.15, -0.1) is 5.10 Å². The van der Waals surface area contributed by atoms with Gasteiger partial charge >= 0.3 is 0 Å². The van der Waals surface area contributed by atoms with E-state index < -0.39 is 0 Å². The monoisotopic (exact) mass is 321 g/mol. The van der Waals surface area contributed by atoms with E-state index in [-0.39, 0.29) is 5.91 Å². The molecule has 1 N–H and O–H groups in total. The minimum Gasteiger partial charge on any atom is -0.310 e. The van der Waals surface area contributed by atoms with E-state index in [0.29, 0.717) is 18.1 Å². The molecule has 0 saturated heterocycles. The smallest absolute Gasteiger partial charge is 0.229 e. The molecule has 0 atom stereocenters. The molecule has 2 heterocycles. The van der Waals surface area contributed by atoms with Crippen molar-refractivity contribution in [2.75, 3.05) is 5.32 Å². The van der Waals surface area contributed by atoms with Crippen LogP contribution in [0.4, 0.5) is 5.82 Å². The minimum absolute atomic E-state index is 0.0955. The molecule has 3 aromatic rings. The molecular weight excluding hydrogens is 302 g/mol. The van der Waals surface area contributed by atoms with Gasteiger partial charge in [-0.1, -0.05) is 29.8 Å². The number of hydrogen-bond donors (Lipinski definition) is 1. The maximum Gasteiger partial charge on any atom is 0.229 e. The van der Waals surface area contributed by atoms with Crippen molar-refractivity contribution in [1.82, 2.24) is 20.0 Å². The van der Waals surface area contributed by atoms with Crippen LogP contribution in [-0.2, 0) is 11.2 Å². The molecule has 3 rings (SSSR count). The molecule has 0 radical (unpaired) electrons. The summed E-state index contributed by atoms with van der Waals surface area (Å²) < 4.78 is 1.59. The average Bonchev–Trinajstić information content (AvgIpc) is 2.88. The van der Waals surface area contributed by atoms with E-state index >= 15 is 0 Å².